The molecule has 18 heavy (non-hydrogen) atoms. The largest absolute Gasteiger partial charge is 1.00 e. The van der Waals surface area contributed by atoms with Crippen molar-refractivity contribution < 1.29 is 63.6 Å². The molecule has 0 aliphatic heterocycles. The molecular weight excluding hydrogens is 310 g/mol. The van der Waals surface area contributed by atoms with E-state index in [0.717, 1.165) is 0 Å². The van der Waals surface area contributed by atoms with Crippen molar-refractivity contribution in [3.05, 3.63) is 0 Å². The predicted molar refractivity (Wildman–Crippen MR) is 62.9 cm³/mol. The first-order valence-electron chi connectivity index (χ1n) is 4.41. The number of rotatable bonds is 9. The van der Waals surface area contributed by atoms with E-state index in [2.05, 4.69) is 30.7 Å². The van der Waals surface area contributed by atoms with Gasteiger partial charge in [-0.15, -0.1) is 0 Å². The van der Waals surface area contributed by atoms with Gasteiger partial charge in [0, 0.05) is 0 Å². The zero-order valence-electron chi connectivity index (χ0n) is 10.3. The van der Waals surface area contributed by atoms with E-state index in [1.165, 1.54) is 0 Å². The van der Waals surface area contributed by atoms with Crippen LogP contribution in [0.2, 0.25) is 0 Å². The molecule has 6 nitrogen and oxygen atoms in total. The fourth-order valence-electron chi connectivity index (χ4n) is 0.880. The summed E-state index contributed by atoms with van der Waals surface area (Å²) in [5.41, 5.74) is 0. The van der Waals surface area contributed by atoms with Crippen LogP contribution in [0.4, 0.5) is 0 Å². The van der Waals surface area contributed by atoms with Gasteiger partial charge in [0.05, 0.1) is 31.3 Å². The molecule has 0 aromatic heterocycles. The molecule has 98 valence electrons. The smallest absolute Gasteiger partial charge is 0.748 e. The van der Waals surface area contributed by atoms with Crippen LogP contribution < -0.4 is 37.7 Å². The molecule has 0 N–H and O–H groups in total. The summed E-state index contributed by atoms with van der Waals surface area (Å²) in [5.74, 6) is 0. The van der Waals surface area contributed by atoms with Crippen molar-refractivity contribution in [1.82, 2.24) is 0 Å². The van der Waals surface area contributed by atoms with Gasteiger partial charge >= 0.3 is 37.7 Å². The van der Waals surface area contributed by atoms with E-state index < -0.39 is 18.1 Å². The minimum absolute atomic E-state index is 0. The third-order valence-electron chi connectivity index (χ3n) is 1.49. The molecule has 0 heterocycles. The van der Waals surface area contributed by atoms with Gasteiger partial charge in [0.1, 0.15) is 0 Å². The fraction of sp³-hybridized carbons (Fsp3) is 1.00. The van der Waals surface area contributed by atoms with Gasteiger partial charge in [-0.25, -0.2) is 8.42 Å². The summed E-state index contributed by atoms with van der Waals surface area (Å²) < 4.78 is 50.2. The summed E-state index contributed by atoms with van der Waals surface area (Å²) >= 11 is 7.99. The zero-order chi connectivity index (χ0) is 12.7. The minimum atomic E-state index is -3.78. The Hall–Kier alpha value is 1.77. The fourth-order valence-corrected chi connectivity index (χ4v) is 1.93. The average Bonchev–Trinajstić information content (AvgIpc) is 2.06. The Kier molecular flexibility index (Phi) is 17.2. The van der Waals surface area contributed by atoms with E-state index in [9.17, 15) is 17.5 Å². The Bertz CT molecular complexity index is 343. The second-order valence-corrected chi connectivity index (χ2v) is 7.43. The van der Waals surface area contributed by atoms with Crippen molar-refractivity contribution in [1.29, 1.82) is 0 Å². The van der Waals surface area contributed by atoms with Gasteiger partial charge < -0.3 is 9.11 Å². The van der Waals surface area contributed by atoms with Crippen molar-refractivity contribution in [3.63, 3.8) is 0 Å². The first-order chi connectivity index (χ1) is 7.21. The van der Waals surface area contributed by atoms with Crippen LogP contribution in [0.5, 0.6) is 0 Å². The summed E-state index contributed by atoms with van der Waals surface area (Å²) in [6, 6.07) is 0. The zero-order valence-corrected chi connectivity index (χ0v) is 13.6. The molecule has 0 saturated heterocycles. The third kappa shape index (κ3) is 22.9. The van der Waals surface area contributed by atoms with Crippen LogP contribution in [-0.4, -0.2) is 30.7 Å². The minimum Gasteiger partial charge on any atom is -0.748 e. The van der Waals surface area contributed by atoms with Crippen LogP contribution in [0.25, 0.3) is 0 Å². The molecule has 2 unspecified atom stereocenters. The summed E-state index contributed by atoms with van der Waals surface area (Å²) in [6.07, 6.45) is 2.48. The van der Waals surface area contributed by atoms with E-state index >= 15 is 0 Å². The van der Waals surface area contributed by atoms with Crippen molar-refractivity contribution in [2.24, 2.45) is 0 Å². The molecule has 0 amide bonds. The maximum atomic E-state index is 10.4. The van der Waals surface area contributed by atoms with Gasteiger partial charge in [-0.05, 0) is 35.2 Å². The summed E-state index contributed by atoms with van der Waals surface area (Å²) in [5, 5.41) is 0. The number of hydrogen-bond donors (Lipinski definition) is 0. The van der Waals surface area contributed by atoms with Crippen LogP contribution >= 0.6 is 0 Å². The van der Waals surface area contributed by atoms with Crippen LogP contribution in [0.1, 0.15) is 25.7 Å². The Morgan fingerprint density at radius 1 is 0.778 bits per heavy atom. The van der Waals surface area contributed by atoms with Gasteiger partial charge in [-0.3, -0.25) is 8.37 Å². The molecule has 0 bridgehead atoms. The van der Waals surface area contributed by atoms with Gasteiger partial charge in [0.25, 0.3) is 0 Å². The molecule has 0 fully saturated rings. The predicted octanol–water partition coefficient (Wildman–Crippen LogP) is -5.83. The van der Waals surface area contributed by atoms with Gasteiger partial charge in [-0.1, -0.05) is 12.8 Å². The van der Waals surface area contributed by atoms with Crippen LogP contribution in [0.15, 0.2) is 0 Å². The molecule has 0 aromatic carbocycles. The molecule has 0 rings (SSSR count). The topological polar surface area (TPSA) is 98.7 Å². The Balaban J connectivity index is -0.00000112. The van der Waals surface area contributed by atoms with E-state index in [-0.39, 0.29) is 50.9 Å². The van der Waals surface area contributed by atoms with Crippen LogP contribution in [0.3, 0.4) is 0 Å². The number of hydrogen-bond acceptors (Lipinski definition) is 8. The van der Waals surface area contributed by atoms with Gasteiger partial charge in [0.2, 0.25) is 0 Å². The van der Waals surface area contributed by atoms with Crippen molar-refractivity contribution in [2.75, 3.05) is 13.2 Å². The first-order valence-corrected chi connectivity index (χ1v) is 9.08. The molecular formula is C6H12Li2O6S4. The molecule has 0 spiro atoms. The molecule has 12 heteroatoms. The summed E-state index contributed by atoms with van der Waals surface area (Å²) in [4.78, 5) is 0. The van der Waals surface area contributed by atoms with Crippen LogP contribution in [0, 0.1) is 0 Å². The third-order valence-corrected chi connectivity index (χ3v) is 2.98. The molecule has 2 atom stereocenters. The molecule has 0 aromatic rings. The standard InChI is InChI=1S/C6H14O6S4.2Li/c7-15(8,13)11-5-3-1-2-4-6-12-16(9,10)14;;/h1-6H2,(H,7,8,13)(H,9,10,14);;/q;2*+1/p-2. The van der Waals surface area contributed by atoms with Crippen molar-refractivity contribution >= 4 is 40.5 Å². The van der Waals surface area contributed by atoms with E-state index in [0.29, 0.717) is 25.7 Å². The quantitative estimate of drug-likeness (QED) is 0.306. The monoisotopic (exact) mass is 322 g/mol. The Morgan fingerprint density at radius 3 is 1.28 bits per heavy atom. The maximum Gasteiger partial charge on any atom is 1.00 e. The molecule has 0 saturated carbocycles. The maximum absolute atomic E-state index is 10.4. The van der Waals surface area contributed by atoms with E-state index in [1.54, 1.807) is 0 Å². The van der Waals surface area contributed by atoms with Crippen molar-refractivity contribution in [2.45, 2.75) is 25.7 Å². The first kappa shape index (κ1) is 24.8. The summed E-state index contributed by atoms with van der Waals surface area (Å²) in [7, 11) is -7.55. The average molecular weight is 322 g/mol. The molecule has 0 aliphatic carbocycles. The molecule has 0 aliphatic rings. The summed E-state index contributed by atoms with van der Waals surface area (Å²) in [6.45, 7) is 0.0953. The Morgan fingerprint density at radius 2 is 1.06 bits per heavy atom. The van der Waals surface area contributed by atoms with E-state index in [1.807, 2.05) is 0 Å². The van der Waals surface area contributed by atoms with Crippen molar-refractivity contribution in [3.8, 4) is 0 Å². The molecule has 0 radical (unpaired) electrons. The second-order valence-electron chi connectivity index (χ2n) is 2.87. The van der Waals surface area contributed by atoms with Gasteiger partial charge in [-0.2, -0.15) is 0 Å². The Labute approximate surface area is 142 Å². The van der Waals surface area contributed by atoms with Gasteiger partial charge in [0.15, 0.2) is 0 Å². The SMILES string of the molecule is O=S([O-])(=S)OCCCCCCOS(=O)([O-])=S.[Li+].[Li+]. The van der Waals surface area contributed by atoms with E-state index in [4.69, 9.17) is 0 Å². The normalized spacial score (nSPS) is 16.8. The second kappa shape index (κ2) is 12.5. The van der Waals surface area contributed by atoms with Crippen LogP contribution in [-0.2, 0) is 48.8 Å². The number of unbranched alkanes of at least 4 members (excludes halogenated alkanes) is 3.